The maximum absolute atomic E-state index is 12.0. The van der Waals surface area contributed by atoms with Crippen molar-refractivity contribution in [2.45, 2.75) is 13.0 Å². The van der Waals surface area contributed by atoms with E-state index >= 15 is 0 Å². The van der Waals surface area contributed by atoms with Gasteiger partial charge in [0.1, 0.15) is 5.75 Å². The molecule has 0 aliphatic rings. The van der Waals surface area contributed by atoms with Crippen molar-refractivity contribution >= 4 is 39.3 Å². The molecule has 0 saturated carbocycles. The van der Waals surface area contributed by atoms with Crippen molar-refractivity contribution in [1.29, 1.82) is 0 Å². The molecule has 0 aliphatic heterocycles. The van der Waals surface area contributed by atoms with Crippen LogP contribution in [0.3, 0.4) is 0 Å². The number of carbonyl (C=O) groups is 2. The van der Waals surface area contributed by atoms with Gasteiger partial charge in [-0.2, -0.15) is 0 Å². The van der Waals surface area contributed by atoms with Gasteiger partial charge in [0.05, 0.1) is 0 Å². The summed E-state index contributed by atoms with van der Waals surface area (Å²) >= 11 is 9.06. The lowest BCUT2D eigenvalue weighted by Crippen LogP contribution is -2.28. The Hall–Kier alpha value is -1.85. The molecular formula is C17H14BrClO4. The van der Waals surface area contributed by atoms with Gasteiger partial charge in [0.2, 0.25) is 0 Å². The van der Waals surface area contributed by atoms with Gasteiger partial charge in [0.15, 0.2) is 18.5 Å². The van der Waals surface area contributed by atoms with Crippen LogP contribution < -0.4 is 4.74 Å². The molecule has 4 nitrogen and oxygen atoms in total. The van der Waals surface area contributed by atoms with Crippen molar-refractivity contribution in [2.24, 2.45) is 0 Å². The van der Waals surface area contributed by atoms with E-state index in [4.69, 9.17) is 21.1 Å². The van der Waals surface area contributed by atoms with E-state index in [9.17, 15) is 9.59 Å². The Bertz CT molecular complexity index is 700. The predicted octanol–water partition coefficient (Wildman–Crippen LogP) is 4.30. The standard InChI is InChI=1S/C17H14BrClO4/c1-11(23-15-7-5-14(19)6-8-15)17(21)22-10-16(20)12-3-2-4-13(18)9-12/h2-9,11H,10H2,1H3. The van der Waals surface area contributed by atoms with Gasteiger partial charge in [-0.15, -0.1) is 0 Å². The summed E-state index contributed by atoms with van der Waals surface area (Å²) < 4.78 is 11.2. The van der Waals surface area contributed by atoms with E-state index in [1.165, 1.54) is 0 Å². The van der Waals surface area contributed by atoms with Crippen LogP contribution in [0.15, 0.2) is 53.0 Å². The zero-order chi connectivity index (χ0) is 16.8. The first-order chi connectivity index (χ1) is 11.0. The number of carbonyl (C=O) groups excluding carboxylic acids is 2. The summed E-state index contributed by atoms with van der Waals surface area (Å²) in [6.45, 7) is 1.23. The van der Waals surface area contributed by atoms with Gasteiger partial charge in [-0.25, -0.2) is 4.79 Å². The number of hydrogen-bond donors (Lipinski definition) is 0. The number of Topliss-reactive ketones (excluding diaryl/α,β-unsaturated/α-hetero) is 1. The van der Waals surface area contributed by atoms with Crippen LogP contribution in [-0.4, -0.2) is 24.5 Å². The molecule has 0 aromatic heterocycles. The van der Waals surface area contributed by atoms with Crippen molar-refractivity contribution in [1.82, 2.24) is 0 Å². The Morgan fingerprint density at radius 3 is 2.52 bits per heavy atom. The quantitative estimate of drug-likeness (QED) is 0.539. The Morgan fingerprint density at radius 1 is 1.17 bits per heavy atom. The summed E-state index contributed by atoms with van der Waals surface area (Å²) in [6.07, 6.45) is -0.827. The molecule has 1 unspecified atom stereocenters. The average Bonchev–Trinajstić information content (AvgIpc) is 2.54. The molecular weight excluding hydrogens is 384 g/mol. The first-order valence-corrected chi connectivity index (χ1v) is 8.00. The van der Waals surface area contributed by atoms with Gasteiger partial charge in [0, 0.05) is 15.1 Å². The van der Waals surface area contributed by atoms with Crippen LogP contribution >= 0.6 is 27.5 Å². The van der Waals surface area contributed by atoms with Gasteiger partial charge >= 0.3 is 5.97 Å². The minimum atomic E-state index is -0.827. The molecule has 23 heavy (non-hydrogen) atoms. The van der Waals surface area contributed by atoms with Gasteiger partial charge < -0.3 is 9.47 Å². The van der Waals surface area contributed by atoms with Crippen LogP contribution in [0.2, 0.25) is 5.02 Å². The molecule has 2 aromatic rings. The molecule has 0 bridgehead atoms. The number of ketones is 1. The maximum atomic E-state index is 12.0. The summed E-state index contributed by atoms with van der Waals surface area (Å²) in [7, 11) is 0. The minimum Gasteiger partial charge on any atom is -0.479 e. The van der Waals surface area contributed by atoms with Gasteiger partial charge in [-0.3, -0.25) is 4.79 Å². The Labute approximate surface area is 147 Å². The second-order valence-corrected chi connectivity index (χ2v) is 6.11. The van der Waals surface area contributed by atoms with E-state index in [2.05, 4.69) is 15.9 Å². The second-order valence-electron chi connectivity index (χ2n) is 4.76. The van der Waals surface area contributed by atoms with Crippen molar-refractivity contribution in [3.63, 3.8) is 0 Å². The third-order valence-electron chi connectivity index (χ3n) is 2.95. The van der Waals surface area contributed by atoms with Crippen molar-refractivity contribution in [3.8, 4) is 5.75 Å². The van der Waals surface area contributed by atoms with E-state index in [-0.39, 0.29) is 12.4 Å². The predicted molar refractivity (Wildman–Crippen MR) is 91.0 cm³/mol. The van der Waals surface area contributed by atoms with E-state index in [1.807, 2.05) is 6.07 Å². The number of esters is 1. The van der Waals surface area contributed by atoms with Crippen LogP contribution in [0.5, 0.6) is 5.75 Å². The van der Waals surface area contributed by atoms with Crippen LogP contribution in [0.4, 0.5) is 0 Å². The lowest BCUT2D eigenvalue weighted by Gasteiger charge is -2.13. The van der Waals surface area contributed by atoms with Crippen LogP contribution in [0.1, 0.15) is 17.3 Å². The number of rotatable bonds is 6. The van der Waals surface area contributed by atoms with Crippen molar-refractivity contribution < 1.29 is 19.1 Å². The molecule has 0 aliphatic carbocycles. The molecule has 0 heterocycles. The number of ether oxygens (including phenoxy) is 2. The molecule has 0 spiro atoms. The number of hydrogen-bond acceptors (Lipinski definition) is 4. The lowest BCUT2D eigenvalue weighted by atomic mass is 10.1. The van der Waals surface area contributed by atoms with Crippen molar-refractivity contribution in [2.75, 3.05) is 6.61 Å². The van der Waals surface area contributed by atoms with Gasteiger partial charge in [0.25, 0.3) is 0 Å². The molecule has 120 valence electrons. The molecule has 2 rings (SSSR count). The summed E-state index contributed by atoms with van der Waals surface area (Å²) in [5.41, 5.74) is 0.471. The highest BCUT2D eigenvalue weighted by atomic mass is 79.9. The molecule has 0 amide bonds. The average molecular weight is 398 g/mol. The Kier molecular flexibility index (Phi) is 6.19. The minimum absolute atomic E-state index is 0.279. The third-order valence-corrected chi connectivity index (χ3v) is 3.70. The fourth-order valence-electron chi connectivity index (χ4n) is 1.76. The van der Waals surface area contributed by atoms with Gasteiger partial charge in [-0.05, 0) is 43.3 Å². The molecule has 1 atom stereocenters. The smallest absolute Gasteiger partial charge is 0.347 e. The third kappa shape index (κ3) is 5.37. The molecule has 0 N–H and O–H groups in total. The van der Waals surface area contributed by atoms with Crippen LogP contribution in [0.25, 0.3) is 0 Å². The fraction of sp³-hybridized carbons (Fsp3) is 0.176. The Balaban J connectivity index is 1.86. The molecule has 0 fully saturated rings. The monoisotopic (exact) mass is 396 g/mol. The summed E-state index contributed by atoms with van der Waals surface area (Å²) in [6, 6.07) is 13.5. The van der Waals surface area contributed by atoms with Gasteiger partial charge in [-0.1, -0.05) is 39.7 Å². The second kappa shape index (κ2) is 8.13. The molecule has 6 heteroatoms. The summed E-state index contributed by atoms with van der Waals surface area (Å²) in [5, 5.41) is 0.576. The topological polar surface area (TPSA) is 52.6 Å². The van der Waals surface area contributed by atoms with Crippen LogP contribution in [-0.2, 0) is 9.53 Å². The SMILES string of the molecule is CC(Oc1ccc(Cl)cc1)C(=O)OCC(=O)c1cccc(Br)c1. The largest absolute Gasteiger partial charge is 0.479 e. The lowest BCUT2D eigenvalue weighted by molar-refractivity contribution is -0.149. The van der Waals surface area contributed by atoms with E-state index in [0.717, 1.165) is 4.47 Å². The normalized spacial score (nSPS) is 11.6. The van der Waals surface area contributed by atoms with E-state index < -0.39 is 12.1 Å². The van der Waals surface area contributed by atoms with E-state index in [1.54, 1.807) is 49.4 Å². The molecule has 0 saturated heterocycles. The highest BCUT2D eigenvalue weighted by molar-refractivity contribution is 9.10. The van der Waals surface area contributed by atoms with Crippen molar-refractivity contribution in [3.05, 3.63) is 63.6 Å². The number of benzene rings is 2. The first kappa shape index (κ1) is 17.5. The zero-order valence-corrected chi connectivity index (χ0v) is 14.6. The number of halogens is 2. The maximum Gasteiger partial charge on any atom is 0.347 e. The zero-order valence-electron chi connectivity index (χ0n) is 12.3. The molecule has 2 aromatic carbocycles. The van der Waals surface area contributed by atoms with E-state index in [0.29, 0.717) is 16.3 Å². The fourth-order valence-corrected chi connectivity index (χ4v) is 2.29. The summed E-state index contributed by atoms with van der Waals surface area (Å²) in [4.78, 5) is 23.8. The highest BCUT2D eigenvalue weighted by Crippen LogP contribution is 2.17. The first-order valence-electron chi connectivity index (χ1n) is 6.83. The highest BCUT2D eigenvalue weighted by Gasteiger charge is 2.18. The van der Waals surface area contributed by atoms with Crippen LogP contribution in [0, 0.1) is 0 Å². The molecule has 0 radical (unpaired) electrons. The Morgan fingerprint density at radius 2 is 1.87 bits per heavy atom. The summed E-state index contributed by atoms with van der Waals surface area (Å²) in [5.74, 6) is -0.390.